The molecule has 5 nitrogen and oxygen atoms in total. The molecule has 1 atom stereocenters. The molecule has 1 N–H and O–H groups in total. The highest BCUT2D eigenvalue weighted by Gasteiger charge is 2.33. The first-order chi connectivity index (χ1) is 12.9. The zero-order valence-electron chi connectivity index (χ0n) is 15.2. The van der Waals surface area contributed by atoms with E-state index < -0.39 is 15.8 Å². The zero-order chi connectivity index (χ0) is 19.4. The van der Waals surface area contributed by atoms with E-state index in [4.69, 9.17) is 0 Å². The number of thiophene rings is 1. The minimum Gasteiger partial charge on any atom is -0.355 e. The molecule has 0 bridgehead atoms. The van der Waals surface area contributed by atoms with Crippen LogP contribution in [-0.4, -0.2) is 38.3 Å². The number of nitrogens with zero attached hydrogens (tertiary/aromatic N) is 1. The van der Waals surface area contributed by atoms with Crippen LogP contribution in [0.3, 0.4) is 0 Å². The van der Waals surface area contributed by atoms with E-state index >= 15 is 0 Å². The lowest BCUT2D eigenvalue weighted by atomic mass is 9.99. The molecule has 1 aromatic carbocycles. The third-order valence-corrected chi connectivity index (χ3v) is 7.72. The molecule has 2 aromatic rings. The molecule has 2 heterocycles. The molecule has 1 saturated heterocycles. The Morgan fingerprint density at radius 2 is 2.19 bits per heavy atom. The standard InChI is InChI=1S/C19H23FN2O3S2/c1-14-12-16(20)6-7-18(14)27(24,25)22-10-2-4-15(13-22)19(23)21-9-8-17-5-3-11-26-17/h3,5-7,11-12,15H,2,4,8-10,13H2,1H3,(H,21,23). The van der Waals surface area contributed by atoms with Gasteiger partial charge in [-0.1, -0.05) is 6.07 Å². The van der Waals surface area contributed by atoms with Gasteiger partial charge in [-0.05, 0) is 61.4 Å². The van der Waals surface area contributed by atoms with E-state index in [1.165, 1.54) is 21.3 Å². The Morgan fingerprint density at radius 3 is 2.89 bits per heavy atom. The smallest absolute Gasteiger partial charge is 0.243 e. The molecule has 1 aromatic heterocycles. The molecule has 0 saturated carbocycles. The minimum atomic E-state index is -3.74. The number of hydrogen-bond donors (Lipinski definition) is 1. The summed E-state index contributed by atoms with van der Waals surface area (Å²) in [7, 11) is -3.74. The van der Waals surface area contributed by atoms with Gasteiger partial charge in [0.15, 0.2) is 0 Å². The molecule has 0 radical (unpaired) electrons. The van der Waals surface area contributed by atoms with Crippen molar-refractivity contribution in [3.05, 3.63) is 52.0 Å². The van der Waals surface area contributed by atoms with E-state index in [9.17, 15) is 17.6 Å². The fourth-order valence-corrected chi connectivity index (χ4v) is 5.76. The van der Waals surface area contributed by atoms with Crippen LogP contribution < -0.4 is 5.32 Å². The van der Waals surface area contributed by atoms with Crippen LogP contribution >= 0.6 is 11.3 Å². The van der Waals surface area contributed by atoms with Gasteiger partial charge in [0, 0.05) is 24.5 Å². The minimum absolute atomic E-state index is 0.0997. The molecular weight excluding hydrogens is 387 g/mol. The van der Waals surface area contributed by atoms with Crippen molar-refractivity contribution >= 4 is 27.3 Å². The lowest BCUT2D eigenvalue weighted by molar-refractivity contribution is -0.126. The van der Waals surface area contributed by atoms with Crippen LogP contribution in [0.15, 0.2) is 40.6 Å². The second kappa shape index (κ2) is 8.50. The maximum Gasteiger partial charge on any atom is 0.243 e. The van der Waals surface area contributed by atoms with Crippen LogP contribution in [0.5, 0.6) is 0 Å². The second-order valence-corrected chi connectivity index (χ2v) is 9.67. The van der Waals surface area contributed by atoms with Gasteiger partial charge in [0.1, 0.15) is 5.82 Å². The number of carbonyl (C=O) groups excluding carboxylic acids is 1. The van der Waals surface area contributed by atoms with Crippen molar-refractivity contribution in [1.29, 1.82) is 0 Å². The summed E-state index contributed by atoms with van der Waals surface area (Å²) in [5.41, 5.74) is 0.373. The molecule has 1 unspecified atom stereocenters. The maximum atomic E-state index is 13.3. The first kappa shape index (κ1) is 20.0. The molecule has 0 aliphatic carbocycles. The van der Waals surface area contributed by atoms with Gasteiger partial charge < -0.3 is 5.32 Å². The molecule has 27 heavy (non-hydrogen) atoms. The fourth-order valence-electron chi connectivity index (χ4n) is 3.32. The van der Waals surface area contributed by atoms with Crippen molar-refractivity contribution in [3.63, 3.8) is 0 Å². The Kier molecular flexibility index (Phi) is 6.29. The molecule has 0 spiro atoms. The Morgan fingerprint density at radius 1 is 1.37 bits per heavy atom. The fraction of sp³-hybridized carbons (Fsp3) is 0.421. The van der Waals surface area contributed by atoms with Crippen molar-refractivity contribution in [3.8, 4) is 0 Å². The lowest BCUT2D eigenvalue weighted by Crippen LogP contribution is -2.45. The normalized spacial score (nSPS) is 18.4. The number of carbonyl (C=O) groups is 1. The Labute approximate surface area is 163 Å². The Hall–Kier alpha value is -1.77. The summed E-state index contributed by atoms with van der Waals surface area (Å²) in [4.78, 5) is 13.8. The Bertz CT molecular complexity index is 898. The van der Waals surface area contributed by atoms with E-state index in [1.807, 2.05) is 17.5 Å². The van der Waals surface area contributed by atoms with Crippen molar-refractivity contribution in [2.75, 3.05) is 19.6 Å². The highest BCUT2D eigenvalue weighted by molar-refractivity contribution is 7.89. The number of amides is 1. The van der Waals surface area contributed by atoms with Gasteiger partial charge >= 0.3 is 0 Å². The van der Waals surface area contributed by atoms with Gasteiger partial charge in [-0.3, -0.25) is 4.79 Å². The summed E-state index contributed by atoms with van der Waals surface area (Å²) in [5, 5.41) is 4.92. The largest absolute Gasteiger partial charge is 0.355 e. The molecule has 1 aliphatic rings. The summed E-state index contributed by atoms with van der Waals surface area (Å²) < 4.78 is 40.5. The molecule has 3 rings (SSSR count). The van der Waals surface area contributed by atoms with E-state index in [-0.39, 0.29) is 23.3 Å². The van der Waals surface area contributed by atoms with Gasteiger partial charge in [0.2, 0.25) is 15.9 Å². The van der Waals surface area contributed by atoms with Crippen LogP contribution in [0.2, 0.25) is 0 Å². The van der Waals surface area contributed by atoms with Crippen molar-refractivity contribution in [2.45, 2.75) is 31.1 Å². The number of hydrogen-bond acceptors (Lipinski definition) is 4. The molecule has 8 heteroatoms. The zero-order valence-corrected chi connectivity index (χ0v) is 16.8. The van der Waals surface area contributed by atoms with Crippen LogP contribution in [0.1, 0.15) is 23.3 Å². The predicted octanol–water partition coefficient (Wildman–Crippen LogP) is 2.96. The maximum absolute atomic E-state index is 13.3. The number of rotatable bonds is 6. The van der Waals surface area contributed by atoms with Crippen LogP contribution in [0.4, 0.5) is 4.39 Å². The molecule has 1 fully saturated rings. The Balaban J connectivity index is 1.63. The second-order valence-electron chi connectivity index (χ2n) is 6.73. The average molecular weight is 411 g/mol. The third kappa shape index (κ3) is 4.75. The predicted molar refractivity (Wildman–Crippen MR) is 104 cm³/mol. The van der Waals surface area contributed by atoms with E-state index in [0.29, 0.717) is 31.5 Å². The van der Waals surface area contributed by atoms with Gasteiger partial charge in [-0.25, -0.2) is 12.8 Å². The molecule has 146 valence electrons. The van der Waals surface area contributed by atoms with Gasteiger partial charge in [-0.15, -0.1) is 11.3 Å². The number of benzene rings is 1. The first-order valence-corrected chi connectivity index (χ1v) is 11.3. The summed E-state index contributed by atoms with van der Waals surface area (Å²) in [6, 6.07) is 7.66. The van der Waals surface area contributed by atoms with Gasteiger partial charge in [-0.2, -0.15) is 4.31 Å². The van der Waals surface area contributed by atoms with Gasteiger partial charge in [0.05, 0.1) is 10.8 Å². The third-order valence-electron chi connectivity index (χ3n) is 4.76. The van der Waals surface area contributed by atoms with Crippen LogP contribution in [0, 0.1) is 18.7 Å². The number of sulfonamides is 1. The van der Waals surface area contributed by atoms with Crippen LogP contribution in [0.25, 0.3) is 0 Å². The molecule has 1 amide bonds. The van der Waals surface area contributed by atoms with Crippen molar-refractivity contribution in [2.24, 2.45) is 5.92 Å². The van der Waals surface area contributed by atoms with E-state index in [2.05, 4.69) is 5.32 Å². The quantitative estimate of drug-likeness (QED) is 0.796. The number of nitrogens with one attached hydrogen (secondary N) is 1. The summed E-state index contributed by atoms with van der Waals surface area (Å²) >= 11 is 1.65. The molecule has 1 aliphatic heterocycles. The number of piperidine rings is 1. The topological polar surface area (TPSA) is 66.5 Å². The highest BCUT2D eigenvalue weighted by atomic mass is 32.2. The summed E-state index contributed by atoms with van der Waals surface area (Å²) in [5.74, 6) is -0.937. The number of halogens is 1. The lowest BCUT2D eigenvalue weighted by Gasteiger charge is -2.31. The van der Waals surface area contributed by atoms with Crippen LogP contribution in [-0.2, 0) is 21.2 Å². The SMILES string of the molecule is Cc1cc(F)ccc1S(=O)(=O)N1CCCC(C(=O)NCCc2cccs2)C1. The van der Waals surface area contributed by atoms with E-state index in [1.54, 1.807) is 18.3 Å². The monoisotopic (exact) mass is 410 g/mol. The van der Waals surface area contributed by atoms with Gasteiger partial charge in [0.25, 0.3) is 0 Å². The number of aryl methyl sites for hydroxylation is 1. The highest BCUT2D eigenvalue weighted by Crippen LogP contribution is 2.26. The van der Waals surface area contributed by atoms with Crippen molar-refractivity contribution in [1.82, 2.24) is 9.62 Å². The average Bonchev–Trinajstić information content (AvgIpc) is 3.15. The van der Waals surface area contributed by atoms with Crippen molar-refractivity contribution < 1.29 is 17.6 Å². The van der Waals surface area contributed by atoms with E-state index in [0.717, 1.165) is 12.5 Å². The summed E-state index contributed by atoms with van der Waals surface area (Å²) in [6.07, 6.45) is 2.06. The first-order valence-electron chi connectivity index (χ1n) is 8.94. The summed E-state index contributed by atoms with van der Waals surface area (Å²) in [6.45, 7) is 2.65. The molecular formula is C19H23FN2O3S2.